The summed E-state index contributed by atoms with van der Waals surface area (Å²) in [6, 6.07) is 20.2. The lowest BCUT2D eigenvalue weighted by atomic mass is 9.63. The van der Waals surface area contributed by atoms with E-state index in [1.165, 1.54) is 11.6 Å². The fraction of sp³-hybridized carbons (Fsp3) is 0.281. The summed E-state index contributed by atoms with van der Waals surface area (Å²) in [5, 5.41) is 9.35. The number of nitrogens with zero attached hydrogens (tertiary/aromatic N) is 2. The number of rotatable bonds is 5. The number of fused-ring (bicyclic) bond motifs is 4. The summed E-state index contributed by atoms with van der Waals surface area (Å²) < 4.78 is 31.1. The molecule has 4 N–H and O–H groups in total. The minimum Gasteiger partial charge on any atom is -0.369 e. The van der Waals surface area contributed by atoms with Crippen molar-refractivity contribution in [2.45, 2.75) is 49.3 Å². The van der Waals surface area contributed by atoms with Gasteiger partial charge in [0.05, 0.1) is 16.0 Å². The lowest BCUT2D eigenvalue weighted by Crippen LogP contribution is -2.46. The largest absolute Gasteiger partial charge is 0.369 e. The molecule has 2 aliphatic rings. The van der Waals surface area contributed by atoms with Crippen molar-refractivity contribution in [2.75, 3.05) is 29.0 Å². The molecular formula is C32H33FN6O2S. The average Bonchev–Trinajstić information content (AvgIpc) is 2.98. The first-order valence-electron chi connectivity index (χ1n) is 14.3. The van der Waals surface area contributed by atoms with Gasteiger partial charge in [-0.25, -0.2) is 18.3 Å². The van der Waals surface area contributed by atoms with Crippen LogP contribution in [-0.2, 0) is 27.6 Å². The first-order chi connectivity index (χ1) is 20.4. The maximum absolute atomic E-state index is 15.5. The van der Waals surface area contributed by atoms with Crippen molar-refractivity contribution >= 4 is 40.0 Å². The van der Waals surface area contributed by atoms with Crippen LogP contribution in [0.15, 0.2) is 77.8 Å². The molecule has 42 heavy (non-hydrogen) atoms. The number of halogens is 1. The zero-order chi connectivity index (χ0) is 29.1. The van der Waals surface area contributed by atoms with Crippen molar-refractivity contribution in [3.8, 4) is 11.1 Å². The van der Waals surface area contributed by atoms with E-state index in [1.54, 1.807) is 30.5 Å². The van der Waals surface area contributed by atoms with E-state index in [4.69, 9.17) is 0 Å². The van der Waals surface area contributed by atoms with Gasteiger partial charge >= 0.3 is 0 Å². The minimum atomic E-state index is -1.33. The van der Waals surface area contributed by atoms with E-state index in [1.807, 2.05) is 24.3 Å². The molecule has 0 spiro atoms. The van der Waals surface area contributed by atoms with E-state index in [2.05, 4.69) is 49.7 Å². The van der Waals surface area contributed by atoms with Gasteiger partial charge in [0.15, 0.2) is 0 Å². The van der Waals surface area contributed by atoms with Crippen LogP contribution in [0.25, 0.3) is 11.1 Å². The van der Waals surface area contributed by atoms with Crippen molar-refractivity contribution < 1.29 is 13.4 Å². The van der Waals surface area contributed by atoms with Gasteiger partial charge in [0.1, 0.15) is 22.6 Å². The zero-order valence-electron chi connectivity index (χ0n) is 23.4. The highest BCUT2D eigenvalue weighted by molar-refractivity contribution is 7.83. The van der Waals surface area contributed by atoms with E-state index in [9.17, 15) is 9.00 Å². The number of aryl methyl sites for hydroxylation is 1. The third kappa shape index (κ3) is 5.64. The lowest BCUT2D eigenvalue weighted by Gasteiger charge is -2.41. The molecule has 4 bridgehead atoms. The predicted octanol–water partition coefficient (Wildman–Crippen LogP) is 6.08. The average molecular weight is 585 g/mol. The summed E-state index contributed by atoms with van der Waals surface area (Å²) in [4.78, 5) is 23.3. The van der Waals surface area contributed by atoms with Crippen LogP contribution in [0, 0.1) is 5.82 Å². The van der Waals surface area contributed by atoms with Crippen LogP contribution < -0.4 is 20.7 Å². The van der Waals surface area contributed by atoms with Crippen molar-refractivity contribution in [1.82, 2.24) is 14.7 Å². The third-order valence-corrected chi connectivity index (χ3v) is 9.18. The van der Waals surface area contributed by atoms with Gasteiger partial charge in [-0.2, -0.15) is 4.98 Å². The number of hydrogen-bond donors (Lipinski definition) is 4. The van der Waals surface area contributed by atoms with Crippen LogP contribution in [-0.4, -0.2) is 33.2 Å². The van der Waals surface area contributed by atoms with E-state index >= 15 is 4.39 Å². The van der Waals surface area contributed by atoms with E-state index in [-0.39, 0.29) is 11.6 Å². The lowest BCUT2D eigenvalue weighted by molar-refractivity contribution is -0.124. The molecule has 1 fully saturated rings. The van der Waals surface area contributed by atoms with Gasteiger partial charge in [-0.1, -0.05) is 49.7 Å². The number of carbonyl (C=O) groups is 1. The molecule has 1 aromatic heterocycles. The summed E-state index contributed by atoms with van der Waals surface area (Å²) in [5.41, 5.74) is 3.61. The van der Waals surface area contributed by atoms with Crippen LogP contribution in [0.1, 0.15) is 43.7 Å². The monoisotopic (exact) mass is 584 g/mol. The van der Waals surface area contributed by atoms with Gasteiger partial charge in [-0.05, 0) is 72.7 Å². The van der Waals surface area contributed by atoms with Crippen molar-refractivity contribution in [3.05, 3.63) is 89.9 Å². The summed E-state index contributed by atoms with van der Waals surface area (Å²) in [5.74, 6) is 0.203. The molecule has 2 heterocycles. The van der Waals surface area contributed by atoms with Crippen molar-refractivity contribution in [1.29, 1.82) is 0 Å². The standard InChI is InChI=1S/C32H33FN6O2S/c1-2-21-7-3-8-23(17-21)32(13-5-14-32)30(40)38-28-12-11-22(18-27(28)33)26-20-35-31-37-24-9-4-10-25(19-24)42(41)36-16-6-15-34-29(26)39-31/h3-4,7-12,17-20,36H,2,5-6,13-16H2,1H3,(H,38,40)(H2,34,35,37,39). The molecule has 1 aliphatic heterocycles. The summed E-state index contributed by atoms with van der Waals surface area (Å²) in [7, 11) is -1.33. The number of benzene rings is 3. The van der Waals surface area contributed by atoms with E-state index in [0.717, 1.165) is 31.2 Å². The number of amides is 1. The van der Waals surface area contributed by atoms with Crippen LogP contribution >= 0.6 is 0 Å². The smallest absolute Gasteiger partial charge is 0.235 e. The molecule has 216 valence electrons. The Morgan fingerprint density at radius 1 is 1.05 bits per heavy atom. The fourth-order valence-corrected chi connectivity index (χ4v) is 6.37. The quantitative estimate of drug-likeness (QED) is 0.227. The third-order valence-electron chi connectivity index (χ3n) is 8.03. The summed E-state index contributed by atoms with van der Waals surface area (Å²) in [6.45, 7) is 3.19. The number of aromatic nitrogens is 2. The van der Waals surface area contributed by atoms with Gasteiger partial charge in [0.25, 0.3) is 0 Å². The Balaban J connectivity index is 1.25. The van der Waals surface area contributed by atoms with Gasteiger partial charge in [-0.15, -0.1) is 0 Å². The molecule has 1 unspecified atom stereocenters. The van der Waals surface area contributed by atoms with Crippen LogP contribution in [0.4, 0.5) is 27.5 Å². The molecule has 1 amide bonds. The van der Waals surface area contributed by atoms with Crippen LogP contribution in [0.5, 0.6) is 0 Å². The predicted molar refractivity (Wildman–Crippen MR) is 165 cm³/mol. The van der Waals surface area contributed by atoms with E-state index < -0.39 is 22.2 Å². The Kier molecular flexibility index (Phi) is 7.99. The molecule has 6 rings (SSSR count). The molecule has 4 aromatic rings. The second-order valence-corrected chi connectivity index (χ2v) is 12.0. The first-order valence-corrected chi connectivity index (χ1v) is 15.4. The zero-order valence-corrected chi connectivity index (χ0v) is 24.2. The molecule has 0 radical (unpaired) electrons. The Morgan fingerprint density at radius 2 is 1.90 bits per heavy atom. The van der Waals surface area contributed by atoms with Gasteiger partial charge in [0.2, 0.25) is 11.9 Å². The Hall–Kier alpha value is -4.15. The molecule has 8 nitrogen and oxygen atoms in total. The number of anilines is 4. The van der Waals surface area contributed by atoms with Crippen LogP contribution in [0.2, 0.25) is 0 Å². The topological polar surface area (TPSA) is 108 Å². The Bertz CT molecular complexity index is 1660. The Morgan fingerprint density at radius 3 is 2.69 bits per heavy atom. The highest BCUT2D eigenvalue weighted by Gasteiger charge is 2.45. The first kappa shape index (κ1) is 28.0. The maximum Gasteiger partial charge on any atom is 0.235 e. The summed E-state index contributed by atoms with van der Waals surface area (Å²) >= 11 is 0. The second kappa shape index (κ2) is 12.0. The summed E-state index contributed by atoms with van der Waals surface area (Å²) in [6.07, 6.45) is 5.69. The SMILES string of the molecule is CCc1cccc(C2(C(=O)Nc3ccc(-c4cnc5nc4NCCCNS(=O)c4cccc(c4)N5)cc3F)CCC2)c1. The highest BCUT2D eigenvalue weighted by atomic mass is 32.2. The molecule has 10 heteroatoms. The molecule has 1 saturated carbocycles. The number of carbonyl (C=O) groups excluding carboxylic acids is 1. The second-order valence-electron chi connectivity index (χ2n) is 10.7. The fourth-order valence-electron chi connectivity index (χ4n) is 5.44. The van der Waals surface area contributed by atoms with Crippen LogP contribution in [0.3, 0.4) is 0 Å². The normalized spacial score (nSPS) is 17.7. The van der Waals surface area contributed by atoms with E-state index in [0.29, 0.717) is 53.0 Å². The molecule has 1 aliphatic carbocycles. The van der Waals surface area contributed by atoms with Gasteiger partial charge < -0.3 is 16.0 Å². The Labute approximate surface area is 247 Å². The van der Waals surface area contributed by atoms with Gasteiger partial charge in [0, 0.05) is 30.5 Å². The molecule has 0 saturated heterocycles. The minimum absolute atomic E-state index is 0.146. The van der Waals surface area contributed by atoms with Crippen molar-refractivity contribution in [2.24, 2.45) is 0 Å². The van der Waals surface area contributed by atoms with Gasteiger partial charge in [-0.3, -0.25) is 4.79 Å². The maximum atomic E-state index is 15.5. The van der Waals surface area contributed by atoms with Crippen molar-refractivity contribution in [3.63, 3.8) is 0 Å². The number of hydrogen-bond acceptors (Lipinski definition) is 6. The highest BCUT2D eigenvalue weighted by Crippen LogP contribution is 2.45. The number of nitrogens with one attached hydrogen (secondary N) is 4. The molecular weight excluding hydrogens is 551 g/mol. The molecule has 3 aromatic carbocycles. The molecule has 1 atom stereocenters.